The van der Waals surface area contributed by atoms with Crippen LogP contribution in [0.5, 0.6) is 5.75 Å². The maximum absolute atomic E-state index is 13.2. The quantitative estimate of drug-likeness (QED) is 0.438. The molecule has 0 aliphatic heterocycles. The van der Waals surface area contributed by atoms with Crippen molar-refractivity contribution in [2.45, 2.75) is 19.4 Å². The minimum atomic E-state index is -0.187. The Hall–Kier alpha value is -3.86. The van der Waals surface area contributed by atoms with E-state index in [1.54, 1.807) is 54.5 Å². The van der Waals surface area contributed by atoms with Crippen LogP contribution in [-0.4, -0.2) is 36.9 Å². The molecule has 0 heterocycles. The van der Waals surface area contributed by atoms with Crippen molar-refractivity contribution in [2.75, 3.05) is 25.5 Å². The highest BCUT2D eigenvalue weighted by Gasteiger charge is 2.18. The van der Waals surface area contributed by atoms with Gasteiger partial charge >= 0.3 is 0 Å². The van der Waals surface area contributed by atoms with Gasteiger partial charge in [0.25, 0.3) is 5.91 Å². The number of hydrogen-bond acceptors (Lipinski definition) is 5. The summed E-state index contributed by atoms with van der Waals surface area (Å²) in [5.41, 5.74) is 8.79. The topological polar surface area (TPSA) is 108 Å². The van der Waals surface area contributed by atoms with Gasteiger partial charge in [0.15, 0.2) is 0 Å². The maximum Gasteiger partial charge on any atom is 0.254 e. The molecule has 0 unspecified atom stereocenters. The monoisotopic (exact) mass is 490 g/mol. The lowest BCUT2D eigenvalue weighted by Crippen LogP contribution is -2.32. The number of hydrogen-bond donors (Lipinski definition) is 2. The molecule has 0 spiro atoms. The molecule has 0 aromatic heterocycles. The molecule has 0 saturated heterocycles. The highest BCUT2D eigenvalue weighted by atomic mass is 35.5. The Balaban J connectivity index is 1.73. The second-order valence-corrected chi connectivity index (χ2v) is 8.34. The first-order chi connectivity index (χ1) is 16.9. The van der Waals surface area contributed by atoms with E-state index in [4.69, 9.17) is 27.3 Å². The molecule has 3 aromatic rings. The van der Waals surface area contributed by atoms with Crippen molar-refractivity contribution in [3.63, 3.8) is 0 Å². The fourth-order valence-corrected chi connectivity index (χ4v) is 3.70. The molecule has 3 aromatic carbocycles. The highest BCUT2D eigenvalue weighted by molar-refractivity contribution is 6.31. The molecular formula is C27H27ClN4O3. The number of anilines is 1. The first kappa shape index (κ1) is 25.8. The van der Waals surface area contributed by atoms with Crippen LogP contribution in [0.4, 0.5) is 5.69 Å². The van der Waals surface area contributed by atoms with E-state index in [0.29, 0.717) is 46.9 Å². The molecule has 3 rings (SSSR count). The number of rotatable bonds is 10. The molecule has 7 nitrogen and oxygen atoms in total. The van der Waals surface area contributed by atoms with Crippen molar-refractivity contribution in [3.8, 4) is 11.8 Å². The van der Waals surface area contributed by atoms with Gasteiger partial charge in [-0.3, -0.25) is 9.59 Å². The fraction of sp³-hybridized carbons (Fsp3) is 0.222. The van der Waals surface area contributed by atoms with Gasteiger partial charge in [-0.05, 0) is 78.7 Å². The predicted molar refractivity (Wildman–Crippen MR) is 136 cm³/mol. The van der Waals surface area contributed by atoms with Crippen LogP contribution in [0, 0.1) is 11.3 Å². The van der Waals surface area contributed by atoms with Crippen LogP contribution in [0.3, 0.4) is 0 Å². The normalized spacial score (nSPS) is 10.3. The zero-order valence-corrected chi connectivity index (χ0v) is 20.2. The molecule has 0 saturated carbocycles. The molecule has 35 heavy (non-hydrogen) atoms. The van der Waals surface area contributed by atoms with Crippen LogP contribution in [0.1, 0.15) is 33.5 Å². The number of carbonyl (C=O) groups is 2. The van der Waals surface area contributed by atoms with Gasteiger partial charge in [0.2, 0.25) is 5.91 Å². The molecule has 0 bridgehead atoms. The Morgan fingerprint density at radius 1 is 1.09 bits per heavy atom. The first-order valence-electron chi connectivity index (χ1n) is 11.1. The average Bonchev–Trinajstić information content (AvgIpc) is 2.88. The van der Waals surface area contributed by atoms with E-state index in [2.05, 4.69) is 5.32 Å². The summed E-state index contributed by atoms with van der Waals surface area (Å²) >= 11 is 6.44. The summed E-state index contributed by atoms with van der Waals surface area (Å²) in [7, 11) is 1.59. The van der Waals surface area contributed by atoms with Crippen LogP contribution in [0.25, 0.3) is 0 Å². The van der Waals surface area contributed by atoms with Gasteiger partial charge in [-0.15, -0.1) is 0 Å². The molecule has 0 fully saturated rings. The second kappa shape index (κ2) is 12.6. The molecule has 0 aliphatic carbocycles. The fourth-order valence-electron chi connectivity index (χ4n) is 3.52. The van der Waals surface area contributed by atoms with E-state index in [0.717, 1.165) is 11.3 Å². The summed E-state index contributed by atoms with van der Waals surface area (Å²) in [6, 6.07) is 21.0. The average molecular weight is 491 g/mol. The molecule has 2 amide bonds. The molecule has 0 aliphatic rings. The third-order valence-corrected chi connectivity index (χ3v) is 5.76. The van der Waals surface area contributed by atoms with Crippen LogP contribution < -0.4 is 15.8 Å². The molecule has 8 heteroatoms. The number of ether oxygens (including phenoxy) is 1. The van der Waals surface area contributed by atoms with Gasteiger partial charge in [-0.1, -0.05) is 23.7 Å². The molecule has 0 radical (unpaired) electrons. The van der Waals surface area contributed by atoms with Crippen LogP contribution in [0.2, 0.25) is 5.02 Å². The largest absolute Gasteiger partial charge is 0.497 e. The standard InChI is InChI=1S/C27H27ClN4O3/c1-35-24-10-5-19(6-11-24)15-26(33)31-23-9-12-25(28)22(16-23)18-32(14-2-13-29)27(34)21-7-3-20(17-30)4-8-21/h3-12,16H,2,13-15,18,29H2,1H3,(H,31,33). The van der Waals surface area contributed by atoms with Crippen molar-refractivity contribution in [1.29, 1.82) is 5.26 Å². The molecule has 0 atom stereocenters. The third-order valence-electron chi connectivity index (χ3n) is 5.39. The minimum Gasteiger partial charge on any atom is -0.497 e. The Morgan fingerprint density at radius 3 is 2.43 bits per heavy atom. The summed E-state index contributed by atoms with van der Waals surface area (Å²) in [6.45, 7) is 1.13. The third kappa shape index (κ3) is 7.31. The lowest BCUT2D eigenvalue weighted by atomic mass is 10.1. The minimum absolute atomic E-state index is 0.169. The number of amides is 2. The summed E-state index contributed by atoms with van der Waals surface area (Å²) in [6.07, 6.45) is 0.833. The predicted octanol–water partition coefficient (Wildman–Crippen LogP) is 4.39. The SMILES string of the molecule is COc1ccc(CC(=O)Nc2ccc(Cl)c(CN(CCCN)C(=O)c3ccc(C#N)cc3)c2)cc1. The Kier molecular flexibility index (Phi) is 9.24. The lowest BCUT2D eigenvalue weighted by Gasteiger charge is -2.24. The number of benzene rings is 3. The Labute approximate surface area is 210 Å². The van der Waals surface area contributed by atoms with E-state index < -0.39 is 0 Å². The summed E-state index contributed by atoms with van der Waals surface area (Å²) in [5.74, 6) is 0.372. The summed E-state index contributed by atoms with van der Waals surface area (Å²) < 4.78 is 5.14. The second-order valence-electron chi connectivity index (χ2n) is 7.94. The molecule has 180 valence electrons. The number of nitriles is 1. The molecular weight excluding hydrogens is 464 g/mol. The van der Waals surface area contributed by atoms with E-state index >= 15 is 0 Å². The van der Waals surface area contributed by atoms with Gasteiger partial charge < -0.3 is 20.7 Å². The van der Waals surface area contributed by atoms with E-state index in [1.807, 2.05) is 30.3 Å². The van der Waals surface area contributed by atoms with Crippen LogP contribution in [0.15, 0.2) is 66.7 Å². The zero-order chi connectivity index (χ0) is 25.2. The van der Waals surface area contributed by atoms with Crippen molar-refractivity contribution in [1.82, 2.24) is 4.90 Å². The van der Waals surface area contributed by atoms with Gasteiger partial charge in [0.1, 0.15) is 5.75 Å². The number of nitrogens with two attached hydrogens (primary N) is 1. The first-order valence-corrected chi connectivity index (χ1v) is 11.5. The van der Waals surface area contributed by atoms with Crippen LogP contribution >= 0.6 is 11.6 Å². The van der Waals surface area contributed by atoms with Gasteiger partial charge in [0.05, 0.1) is 25.2 Å². The highest BCUT2D eigenvalue weighted by Crippen LogP contribution is 2.24. The summed E-state index contributed by atoms with van der Waals surface area (Å²) in [4.78, 5) is 27.4. The van der Waals surface area contributed by atoms with Crippen LogP contribution in [-0.2, 0) is 17.8 Å². The zero-order valence-electron chi connectivity index (χ0n) is 19.5. The van der Waals surface area contributed by atoms with E-state index in [-0.39, 0.29) is 24.8 Å². The van der Waals surface area contributed by atoms with E-state index in [9.17, 15) is 9.59 Å². The van der Waals surface area contributed by atoms with Gasteiger partial charge in [-0.2, -0.15) is 5.26 Å². The van der Waals surface area contributed by atoms with Gasteiger partial charge in [0, 0.05) is 29.4 Å². The number of nitrogens with zero attached hydrogens (tertiary/aromatic N) is 2. The lowest BCUT2D eigenvalue weighted by molar-refractivity contribution is -0.115. The number of methoxy groups -OCH3 is 1. The maximum atomic E-state index is 13.2. The smallest absolute Gasteiger partial charge is 0.254 e. The number of nitrogens with one attached hydrogen (secondary N) is 1. The Bertz CT molecular complexity index is 1200. The van der Waals surface area contributed by atoms with Crippen molar-refractivity contribution < 1.29 is 14.3 Å². The number of halogens is 1. The van der Waals surface area contributed by atoms with E-state index in [1.165, 1.54) is 0 Å². The summed E-state index contributed by atoms with van der Waals surface area (Å²) in [5, 5.41) is 12.4. The van der Waals surface area contributed by atoms with Crippen molar-refractivity contribution in [3.05, 3.63) is 94.0 Å². The Morgan fingerprint density at radius 2 is 1.80 bits per heavy atom. The van der Waals surface area contributed by atoms with Crippen molar-refractivity contribution >= 4 is 29.1 Å². The number of carbonyl (C=O) groups excluding carboxylic acids is 2. The van der Waals surface area contributed by atoms with Crippen molar-refractivity contribution in [2.24, 2.45) is 5.73 Å². The van der Waals surface area contributed by atoms with Gasteiger partial charge in [-0.25, -0.2) is 0 Å². The molecule has 3 N–H and O–H groups in total.